The van der Waals surface area contributed by atoms with Crippen LogP contribution in [0.4, 0.5) is 0 Å². The van der Waals surface area contributed by atoms with Gasteiger partial charge in [-0.25, -0.2) is 0 Å². The van der Waals surface area contributed by atoms with E-state index in [1.807, 2.05) is 14.0 Å². The standard InChI is InChI=1S/C22H36N6/c1-7-19-9-11-20(12-10-19)21(27(5)6)16-25-22(23-4)24-13-8-14-28-18(3)15-17(2)26-28/h9-12,15,21H,7-8,13-14,16H2,1-6H3,(H2,23,24,25). The van der Waals surface area contributed by atoms with Crippen LogP contribution in [-0.2, 0) is 13.0 Å². The number of aliphatic imine (C=N–C) groups is 1. The van der Waals surface area contributed by atoms with Crippen LogP contribution >= 0.6 is 0 Å². The van der Waals surface area contributed by atoms with E-state index in [0.717, 1.165) is 44.1 Å². The first kappa shape index (κ1) is 22.0. The molecule has 28 heavy (non-hydrogen) atoms. The van der Waals surface area contributed by atoms with E-state index in [4.69, 9.17) is 0 Å². The highest BCUT2D eigenvalue weighted by Gasteiger charge is 2.14. The maximum Gasteiger partial charge on any atom is 0.191 e. The van der Waals surface area contributed by atoms with Gasteiger partial charge >= 0.3 is 0 Å². The average Bonchev–Trinajstić information content (AvgIpc) is 3.00. The fraction of sp³-hybridized carbons (Fsp3) is 0.545. The Morgan fingerprint density at radius 1 is 1.18 bits per heavy atom. The van der Waals surface area contributed by atoms with Gasteiger partial charge in [0.05, 0.1) is 11.7 Å². The van der Waals surface area contributed by atoms with Crippen molar-refractivity contribution < 1.29 is 0 Å². The van der Waals surface area contributed by atoms with E-state index >= 15 is 0 Å². The molecule has 2 rings (SSSR count). The monoisotopic (exact) mass is 384 g/mol. The average molecular weight is 385 g/mol. The molecule has 1 unspecified atom stereocenters. The largest absolute Gasteiger partial charge is 0.356 e. The molecule has 1 atom stereocenters. The highest BCUT2D eigenvalue weighted by Crippen LogP contribution is 2.18. The molecule has 1 heterocycles. The first-order valence-electron chi connectivity index (χ1n) is 10.2. The summed E-state index contributed by atoms with van der Waals surface area (Å²) in [5.74, 6) is 0.838. The Hall–Kier alpha value is -2.34. The topological polar surface area (TPSA) is 57.5 Å². The molecular weight excluding hydrogens is 348 g/mol. The van der Waals surface area contributed by atoms with Gasteiger partial charge in [-0.05, 0) is 58.0 Å². The number of rotatable bonds is 9. The van der Waals surface area contributed by atoms with Crippen LogP contribution in [0, 0.1) is 13.8 Å². The quantitative estimate of drug-likeness (QED) is 0.396. The van der Waals surface area contributed by atoms with Gasteiger partial charge in [-0.1, -0.05) is 31.2 Å². The minimum atomic E-state index is 0.291. The predicted octanol–water partition coefficient (Wildman–Crippen LogP) is 2.92. The van der Waals surface area contributed by atoms with Crippen molar-refractivity contribution in [1.29, 1.82) is 0 Å². The van der Waals surface area contributed by atoms with Gasteiger partial charge < -0.3 is 15.5 Å². The van der Waals surface area contributed by atoms with Crippen LogP contribution < -0.4 is 10.6 Å². The van der Waals surface area contributed by atoms with E-state index in [2.05, 4.69) is 88.6 Å². The second kappa shape index (κ2) is 10.9. The van der Waals surface area contributed by atoms with Crippen molar-refractivity contribution in [2.45, 2.75) is 46.2 Å². The first-order valence-corrected chi connectivity index (χ1v) is 10.2. The van der Waals surface area contributed by atoms with Crippen molar-refractivity contribution in [2.75, 3.05) is 34.2 Å². The number of hydrogen-bond donors (Lipinski definition) is 2. The summed E-state index contributed by atoms with van der Waals surface area (Å²) in [7, 11) is 6.05. The summed E-state index contributed by atoms with van der Waals surface area (Å²) in [4.78, 5) is 6.60. The zero-order valence-corrected chi connectivity index (χ0v) is 18.3. The van der Waals surface area contributed by atoms with Gasteiger partial charge in [-0.2, -0.15) is 5.10 Å². The van der Waals surface area contributed by atoms with Crippen LogP contribution in [0.1, 0.15) is 41.9 Å². The van der Waals surface area contributed by atoms with Gasteiger partial charge in [-0.15, -0.1) is 0 Å². The van der Waals surface area contributed by atoms with Crippen LogP contribution in [-0.4, -0.2) is 54.9 Å². The van der Waals surface area contributed by atoms with E-state index in [0.29, 0.717) is 6.04 Å². The van der Waals surface area contributed by atoms with Crippen molar-refractivity contribution in [3.8, 4) is 0 Å². The molecular formula is C22H36N6. The molecule has 1 aromatic carbocycles. The number of aromatic nitrogens is 2. The normalized spacial score (nSPS) is 13.0. The minimum absolute atomic E-state index is 0.291. The second-order valence-electron chi connectivity index (χ2n) is 7.46. The summed E-state index contributed by atoms with van der Waals surface area (Å²) < 4.78 is 2.06. The number of guanidine groups is 1. The fourth-order valence-electron chi connectivity index (χ4n) is 3.32. The van der Waals surface area contributed by atoms with Crippen molar-refractivity contribution >= 4 is 5.96 Å². The number of aryl methyl sites for hydroxylation is 4. The summed E-state index contributed by atoms with van der Waals surface area (Å²) in [5, 5.41) is 11.4. The first-order chi connectivity index (χ1) is 13.4. The number of likely N-dealkylation sites (N-methyl/N-ethyl adjacent to an activating group) is 1. The Morgan fingerprint density at radius 3 is 2.43 bits per heavy atom. The SMILES string of the molecule is CCc1ccc(C(CNC(=NC)NCCCn2nc(C)cc2C)N(C)C)cc1. The van der Waals surface area contributed by atoms with Crippen molar-refractivity contribution in [1.82, 2.24) is 25.3 Å². The maximum absolute atomic E-state index is 4.51. The molecule has 6 nitrogen and oxygen atoms in total. The molecule has 0 saturated carbocycles. The lowest BCUT2D eigenvalue weighted by atomic mass is 10.0. The molecule has 0 aliphatic heterocycles. The van der Waals surface area contributed by atoms with Gasteiger partial charge in [0.15, 0.2) is 5.96 Å². The van der Waals surface area contributed by atoms with E-state index in [9.17, 15) is 0 Å². The van der Waals surface area contributed by atoms with Gasteiger partial charge in [0.25, 0.3) is 0 Å². The Kier molecular flexibility index (Phi) is 8.51. The fourth-order valence-corrected chi connectivity index (χ4v) is 3.32. The van der Waals surface area contributed by atoms with Crippen molar-refractivity contribution in [2.24, 2.45) is 4.99 Å². The molecule has 1 aromatic heterocycles. The summed E-state index contributed by atoms with van der Waals surface area (Å²) in [6, 6.07) is 11.3. The van der Waals surface area contributed by atoms with Gasteiger partial charge in [0.1, 0.15) is 0 Å². The minimum Gasteiger partial charge on any atom is -0.356 e. The highest BCUT2D eigenvalue weighted by molar-refractivity contribution is 5.79. The number of nitrogens with one attached hydrogen (secondary N) is 2. The maximum atomic E-state index is 4.51. The van der Waals surface area contributed by atoms with Gasteiger partial charge in [0, 0.05) is 32.4 Å². The summed E-state index contributed by atoms with van der Waals surface area (Å²) in [6.07, 6.45) is 2.07. The Morgan fingerprint density at radius 2 is 1.89 bits per heavy atom. The van der Waals surface area contributed by atoms with Gasteiger partial charge in [-0.3, -0.25) is 9.67 Å². The summed E-state index contributed by atoms with van der Waals surface area (Å²) in [6.45, 7) is 8.89. The molecule has 0 aliphatic rings. The van der Waals surface area contributed by atoms with Crippen molar-refractivity contribution in [3.05, 3.63) is 52.8 Å². The van der Waals surface area contributed by atoms with E-state index in [1.165, 1.54) is 16.8 Å². The molecule has 2 aromatic rings. The molecule has 0 saturated heterocycles. The zero-order valence-electron chi connectivity index (χ0n) is 18.3. The Bertz CT molecular complexity index is 745. The van der Waals surface area contributed by atoms with Crippen molar-refractivity contribution in [3.63, 3.8) is 0 Å². The van der Waals surface area contributed by atoms with Gasteiger partial charge in [0.2, 0.25) is 0 Å². The van der Waals surface area contributed by atoms with Crippen LogP contribution in [0.5, 0.6) is 0 Å². The van der Waals surface area contributed by atoms with E-state index in [1.54, 1.807) is 0 Å². The molecule has 0 bridgehead atoms. The molecule has 0 spiro atoms. The van der Waals surface area contributed by atoms with Crippen LogP contribution in [0.3, 0.4) is 0 Å². The molecule has 0 amide bonds. The number of nitrogens with zero attached hydrogens (tertiary/aromatic N) is 4. The molecule has 0 aliphatic carbocycles. The molecule has 0 radical (unpaired) electrons. The lowest BCUT2D eigenvalue weighted by Gasteiger charge is -2.26. The molecule has 154 valence electrons. The van der Waals surface area contributed by atoms with E-state index in [-0.39, 0.29) is 0 Å². The van der Waals surface area contributed by atoms with Crippen LogP contribution in [0.15, 0.2) is 35.3 Å². The smallest absolute Gasteiger partial charge is 0.191 e. The molecule has 2 N–H and O–H groups in total. The Labute approximate surface area is 170 Å². The third kappa shape index (κ3) is 6.37. The predicted molar refractivity (Wildman–Crippen MR) is 118 cm³/mol. The Balaban J connectivity index is 1.82. The summed E-state index contributed by atoms with van der Waals surface area (Å²) >= 11 is 0. The highest BCUT2D eigenvalue weighted by atomic mass is 15.3. The molecule has 6 heteroatoms. The third-order valence-electron chi connectivity index (χ3n) is 5.03. The lowest BCUT2D eigenvalue weighted by Crippen LogP contribution is -2.42. The molecule has 0 fully saturated rings. The van der Waals surface area contributed by atoms with E-state index < -0.39 is 0 Å². The van der Waals surface area contributed by atoms with Crippen LogP contribution in [0.2, 0.25) is 0 Å². The second-order valence-corrected chi connectivity index (χ2v) is 7.46. The van der Waals surface area contributed by atoms with Crippen LogP contribution in [0.25, 0.3) is 0 Å². The summed E-state index contributed by atoms with van der Waals surface area (Å²) in [5.41, 5.74) is 4.97. The zero-order chi connectivity index (χ0) is 20.5. The number of benzene rings is 1. The number of hydrogen-bond acceptors (Lipinski definition) is 3. The third-order valence-corrected chi connectivity index (χ3v) is 5.03. The lowest BCUT2D eigenvalue weighted by molar-refractivity contribution is 0.298.